The van der Waals surface area contributed by atoms with Crippen molar-refractivity contribution in [3.8, 4) is 5.75 Å². The summed E-state index contributed by atoms with van der Waals surface area (Å²) < 4.78 is 5.41. The normalized spacial score (nSPS) is 10.0. The van der Waals surface area contributed by atoms with Crippen LogP contribution in [0.15, 0.2) is 18.2 Å². The molecule has 0 saturated heterocycles. The molecule has 19 heavy (non-hydrogen) atoms. The molecule has 1 rings (SSSR count). The number of anilines is 1. The molecule has 0 heterocycles. The number of ether oxygens (including phenoxy) is 1. The first-order valence-electron chi connectivity index (χ1n) is 6.28. The maximum atomic E-state index is 11.6. The predicted octanol–water partition coefficient (Wildman–Crippen LogP) is 2.59. The molecule has 0 fully saturated rings. The average molecular weight is 265 g/mol. The fraction of sp³-hybridized carbons (Fsp3) is 0.429. The van der Waals surface area contributed by atoms with Gasteiger partial charge in [-0.2, -0.15) is 0 Å². The van der Waals surface area contributed by atoms with Crippen molar-refractivity contribution in [1.29, 1.82) is 0 Å². The molecule has 5 heteroatoms. The lowest BCUT2D eigenvalue weighted by Gasteiger charge is -2.10. The SMILES string of the molecule is CCOc1ccc(NC(=O)CCCC(=O)O)cc1C. The molecule has 0 aromatic heterocycles. The lowest BCUT2D eigenvalue weighted by atomic mass is 10.2. The van der Waals surface area contributed by atoms with E-state index in [1.807, 2.05) is 26.0 Å². The van der Waals surface area contributed by atoms with E-state index in [9.17, 15) is 9.59 Å². The van der Waals surface area contributed by atoms with Crippen molar-refractivity contribution in [2.75, 3.05) is 11.9 Å². The van der Waals surface area contributed by atoms with E-state index in [0.717, 1.165) is 11.3 Å². The molecule has 1 aromatic rings. The van der Waals surface area contributed by atoms with Gasteiger partial charge in [0.1, 0.15) is 5.75 Å². The molecule has 5 nitrogen and oxygen atoms in total. The summed E-state index contributed by atoms with van der Waals surface area (Å²) in [5, 5.41) is 11.2. The second-order valence-electron chi connectivity index (χ2n) is 4.21. The van der Waals surface area contributed by atoms with Gasteiger partial charge in [-0.15, -0.1) is 0 Å². The van der Waals surface area contributed by atoms with E-state index in [1.165, 1.54) is 0 Å². The summed E-state index contributed by atoms with van der Waals surface area (Å²) in [4.78, 5) is 21.9. The van der Waals surface area contributed by atoms with E-state index in [1.54, 1.807) is 6.07 Å². The molecule has 0 spiro atoms. The monoisotopic (exact) mass is 265 g/mol. The minimum absolute atomic E-state index is 0.00965. The van der Waals surface area contributed by atoms with E-state index in [2.05, 4.69) is 5.32 Å². The number of benzene rings is 1. The van der Waals surface area contributed by atoms with Crippen LogP contribution in [-0.2, 0) is 9.59 Å². The summed E-state index contributed by atoms with van der Waals surface area (Å²) in [7, 11) is 0. The molecule has 0 saturated carbocycles. The van der Waals surface area contributed by atoms with Crippen molar-refractivity contribution in [3.63, 3.8) is 0 Å². The number of aryl methyl sites for hydroxylation is 1. The molecule has 0 aliphatic carbocycles. The Hall–Kier alpha value is -2.04. The van der Waals surface area contributed by atoms with Crippen LogP contribution in [0.4, 0.5) is 5.69 Å². The Morgan fingerprint density at radius 1 is 1.32 bits per heavy atom. The Morgan fingerprint density at radius 3 is 2.63 bits per heavy atom. The van der Waals surface area contributed by atoms with E-state index in [-0.39, 0.29) is 18.7 Å². The summed E-state index contributed by atoms with van der Waals surface area (Å²) in [6, 6.07) is 5.42. The highest BCUT2D eigenvalue weighted by molar-refractivity contribution is 5.91. The van der Waals surface area contributed by atoms with E-state index in [4.69, 9.17) is 9.84 Å². The standard InChI is InChI=1S/C14H19NO4/c1-3-19-12-8-7-11(9-10(12)2)15-13(16)5-4-6-14(17)18/h7-9H,3-6H2,1-2H3,(H,15,16)(H,17,18). The Morgan fingerprint density at radius 2 is 2.05 bits per heavy atom. The van der Waals surface area contributed by atoms with Gasteiger partial charge in [0, 0.05) is 18.5 Å². The molecule has 0 bridgehead atoms. The van der Waals surface area contributed by atoms with Crippen LogP contribution >= 0.6 is 0 Å². The van der Waals surface area contributed by atoms with Gasteiger partial charge in [0.2, 0.25) is 5.91 Å². The summed E-state index contributed by atoms with van der Waals surface area (Å²) in [5.41, 5.74) is 1.64. The molecule has 1 amide bonds. The molecule has 0 aliphatic rings. The largest absolute Gasteiger partial charge is 0.494 e. The molecular weight excluding hydrogens is 246 g/mol. The number of carboxylic acids is 1. The second kappa shape index (κ2) is 7.41. The fourth-order valence-corrected chi connectivity index (χ4v) is 1.67. The van der Waals surface area contributed by atoms with Gasteiger partial charge in [-0.3, -0.25) is 9.59 Å². The van der Waals surface area contributed by atoms with Crippen LogP contribution in [0.2, 0.25) is 0 Å². The number of rotatable bonds is 7. The zero-order valence-corrected chi connectivity index (χ0v) is 11.2. The zero-order chi connectivity index (χ0) is 14.3. The van der Waals surface area contributed by atoms with Crippen LogP contribution in [0.25, 0.3) is 0 Å². The van der Waals surface area contributed by atoms with Gasteiger partial charge >= 0.3 is 5.97 Å². The number of amides is 1. The maximum absolute atomic E-state index is 11.6. The highest BCUT2D eigenvalue weighted by Gasteiger charge is 2.06. The van der Waals surface area contributed by atoms with Crippen molar-refractivity contribution < 1.29 is 19.4 Å². The maximum Gasteiger partial charge on any atom is 0.303 e. The number of carboxylic acid groups (broad SMARTS) is 1. The van der Waals surface area contributed by atoms with E-state index < -0.39 is 5.97 Å². The van der Waals surface area contributed by atoms with E-state index >= 15 is 0 Å². The number of hydrogen-bond donors (Lipinski definition) is 2. The van der Waals surface area contributed by atoms with E-state index in [0.29, 0.717) is 18.7 Å². The zero-order valence-electron chi connectivity index (χ0n) is 11.2. The van der Waals surface area contributed by atoms with Crippen LogP contribution in [-0.4, -0.2) is 23.6 Å². The molecule has 1 aromatic carbocycles. The van der Waals surface area contributed by atoms with Crippen LogP contribution in [0, 0.1) is 6.92 Å². The lowest BCUT2D eigenvalue weighted by molar-refractivity contribution is -0.137. The quantitative estimate of drug-likeness (QED) is 0.794. The first-order chi connectivity index (χ1) is 9.02. The first kappa shape index (κ1) is 15.0. The Balaban J connectivity index is 2.50. The Kier molecular flexibility index (Phi) is 5.85. The van der Waals surface area contributed by atoms with Gasteiger partial charge < -0.3 is 15.2 Å². The molecule has 0 atom stereocenters. The van der Waals surface area contributed by atoms with Crippen LogP contribution < -0.4 is 10.1 Å². The van der Waals surface area contributed by atoms with Gasteiger partial charge in [0.25, 0.3) is 0 Å². The van der Waals surface area contributed by atoms with Gasteiger partial charge in [-0.05, 0) is 44.0 Å². The summed E-state index contributed by atoms with van der Waals surface area (Å²) in [5.74, 6) is -0.263. The van der Waals surface area contributed by atoms with Gasteiger partial charge in [0.15, 0.2) is 0 Å². The van der Waals surface area contributed by atoms with Crippen LogP contribution in [0.3, 0.4) is 0 Å². The second-order valence-corrected chi connectivity index (χ2v) is 4.21. The van der Waals surface area contributed by atoms with Crippen LogP contribution in [0.1, 0.15) is 31.7 Å². The van der Waals surface area contributed by atoms with Gasteiger partial charge in [-0.1, -0.05) is 0 Å². The highest BCUT2D eigenvalue weighted by atomic mass is 16.5. The lowest BCUT2D eigenvalue weighted by Crippen LogP contribution is -2.12. The molecule has 104 valence electrons. The third kappa shape index (κ3) is 5.42. The molecular formula is C14H19NO4. The first-order valence-corrected chi connectivity index (χ1v) is 6.28. The molecule has 2 N–H and O–H groups in total. The van der Waals surface area contributed by atoms with Crippen molar-refractivity contribution in [2.24, 2.45) is 0 Å². The minimum atomic E-state index is -0.885. The molecule has 0 aliphatic heterocycles. The third-order valence-electron chi connectivity index (χ3n) is 2.55. The van der Waals surface area contributed by atoms with Crippen molar-refractivity contribution in [1.82, 2.24) is 0 Å². The van der Waals surface area contributed by atoms with Gasteiger partial charge in [0.05, 0.1) is 6.61 Å². The van der Waals surface area contributed by atoms with Gasteiger partial charge in [-0.25, -0.2) is 0 Å². The Labute approximate surface area is 112 Å². The fourth-order valence-electron chi connectivity index (χ4n) is 1.67. The summed E-state index contributed by atoms with van der Waals surface area (Å²) >= 11 is 0. The smallest absolute Gasteiger partial charge is 0.303 e. The summed E-state index contributed by atoms with van der Waals surface area (Å²) in [6.07, 6.45) is 0.561. The van der Waals surface area contributed by atoms with Crippen molar-refractivity contribution in [3.05, 3.63) is 23.8 Å². The topological polar surface area (TPSA) is 75.6 Å². The number of nitrogens with one attached hydrogen (secondary N) is 1. The summed E-state index contributed by atoms with van der Waals surface area (Å²) in [6.45, 7) is 4.42. The third-order valence-corrected chi connectivity index (χ3v) is 2.55. The Bertz CT molecular complexity index is 457. The van der Waals surface area contributed by atoms with Crippen molar-refractivity contribution in [2.45, 2.75) is 33.1 Å². The number of aliphatic carboxylic acids is 1. The molecule has 0 radical (unpaired) electrons. The number of carbonyl (C=O) groups is 2. The average Bonchev–Trinajstić information content (AvgIpc) is 2.32. The number of hydrogen-bond acceptors (Lipinski definition) is 3. The minimum Gasteiger partial charge on any atom is -0.494 e. The predicted molar refractivity (Wildman–Crippen MR) is 72.5 cm³/mol. The molecule has 0 unspecified atom stereocenters. The van der Waals surface area contributed by atoms with Crippen molar-refractivity contribution >= 4 is 17.6 Å². The number of carbonyl (C=O) groups excluding carboxylic acids is 1. The highest BCUT2D eigenvalue weighted by Crippen LogP contribution is 2.22. The van der Waals surface area contributed by atoms with Crippen LogP contribution in [0.5, 0.6) is 5.75 Å².